The smallest absolute Gasteiger partial charge is 0.132 e. The van der Waals surface area contributed by atoms with Crippen molar-refractivity contribution in [3.8, 4) is 0 Å². The summed E-state index contributed by atoms with van der Waals surface area (Å²) < 4.78 is 14.0. The van der Waals surface area contributed by atoms with Gasteiger partial charge in [0.2, 0.25) is 0 Å². The second kappa shape index (κ2) is 6.04. The maximum absolute atomic E-state index is 14.0. The van der Waals surface area contributed by atoms with Crippen molar-refractivity contribution in [2.24, 2.45) is 5.73 Å². The van der Waals surface area contributed by atoms with Gasteiger partial charge in [0.1, 0.15) is 5.82 Å². The van der Waals surface area contributed by atoms with Gasteiger partial charge in [-0.15, -0.1) is 11.3 Å². The van der Waals surface area contributed by atoms with Gasteiger partial charge in [-0.25, -0.2) is 9.37 Å². The van der Waals surface area contributed by atoms with Crippen LogP contribution in [0.3, 0.4) is 0 Å². The number of halogens is 1. The maximum atomic E-state index is 14.0. The summed E-state index contributed by atoms with van der Waals surface area (Å²) >= 11 is 1.57. The normalized spacial score (nSPS) is 11.1. The molecule has 96 valence electrons. The molecule has 0 fully saturated rings. The second-order valence-electron chi connectivity index (χ2n) is 4.25. The highest BCUT2D eigenvalue weighted by Gasteiger charge is 2.09. The lowest BCUT2D eigenvalue weighted by molar-refractivity contribution is 0.310. The molecule has 0 radical (unpaired) electrons. The van der Waals surface area contributed by atoms with Gasteiger partial charge in [-0.05, 0) is 7.05 Å². The van der Waals surface area contributed by atoms with Gasteiger partial charge in [0.15, 0.2) is 0 Å². The average Bonchev–Trinajstić information content (AvgIpc) is 2.84. The summed E-state index contributed by atoms with van der Waals surface area (Å²) in [7, 11) is 1.95. The lowest BCUT2D eigenvalue weighted by Crippen LogP contribution is -2.18. The molecule has 0 aliphatic heterocycles. The molecule has 2 aromatic rings. The first-order valence-electron chi connectivity index (χ1n) is 5.72. The molecule has 1 heterocycles. The fourth-order valence-electron chi connectivity index (χ4n) is 1.85. The predicted molar refractivity (Wildman–Crippen MR) is 71.6 cm³/mol. The van der Waals surface area contributed by atoms with E-state index < -0.39 is 0 Å². The van der Waals surface area contributed by atoms with Crippen LogP contribution >= 0.6 is 11.3 Å². The van der Waals surface area contributed by atoms with Crippen LogP contribution in [0.25, 0.3) is 0 Å². The third-order valence-corrected chi connectivity index (χ3v) is 3.37. The molecule has 3 nitrogen and oxygen atoms in total. The molecule has 0 saturated heterocycles. The standard InChI is InChI=1S/C13H16FN3S/c1-17(7-12-8-18-9-16-12)6-11-4-2-3-10(5-15)13(11)14/h2-4,8-9H,5-7,15H2,1H3. The Balaban J connectivity index is 2.05. The summed E-state index contributed by atoms with van der Waals surface area (Å²) in [6.45, 7) is 1.50. The molecule has 0 saturated carbocycles. The summed E-state index contributed by atoms with van der Waals surface area (Å²) in [5.74, 6) is -0.190. The van der Waals surface area contributed by atoms with Crippen LogP contribution in [-0.4, -0.2) is 16.9 Å². The molecule has 1 aromatic carbocycles. The van der Waals surface area contributed by atoms with Crippen LogP contribution in [0, 0.1) is 5.82 Å². The number of rotatable bonds is 5. The first-order chi connectivity index (χ1) is 8.70. The van der Waals surface area contributed by atoms with Gasteiger partial charge in [-0.2, -0.15) is 0 Å². The molecule has 1 aromatic heterocycles. The minimum atomic E-state index is -0.190. The Kier molecular flexibility index (Phi) is 4.41. The second-order valence-corrected chi connectivity index (χ2v) is 4.97. The Hall–Kier alpha value is -1.30. The van der Waals surface area contributed by atoms with E-state index >= 15 is 0 Å². The first-order valence-corrected chi connectivity index (χ1v) is 6.67. The molecule has 0 amide bonds. The third-order valence-electron chi connectivity index (χ3n) is 2.73. The molecule has 0 bridgehead atoms. The monoisotopic (exact) mass is 265 g/mol. The van der Waals surface area contributed by atoms with Crippen LogP contribution in [-0.2, 0) is 19.6 Å². The van der Waals surface area contributed by atoms with Crippen molar-refractivity contribution in [3.63, 3.8) is 0 Å². The molecule has 0 aliphatic rings. The van der Waals surface area contributed by atoms with Gasteiger partial charge >= 0.3 is 0 Å². The van der Waals surface area contributed by atoms with Gasteiger partial charge < -0.3 is 5.73 Å². The van der Waals surface area contributed by atoms with Crippen LogP contribution in [0.4, 0.5) is 4.39 Å². The van der Waals surface area contributed by atoms with Crippen LogP contribution in [0.5, 0.6) is 0 Å². The number of hydrogen-bond acceptors (Lipinski definition) is 4. The van der Waals surface area contributed by atoms with Crippen molar-refractivity contribution in [1.82, 2.24) is 9.88 Å². The molecule has 2 rings (SSSR count). The summed E-state index contributed by atoms with van der Waals surface area (Å²) in [6, 6.07) is 5.36. The number of aromatic nitrogens is 1. The maximum Gasteiger partial charge on any atom is 0.132 e. The van der Waals surface area contributed by atoms with E-state index in [1.165, 1.54) is 0 Å². The van der Waals surface area contributed by atoms with Crippen LogP contribution in [0.1, 0.15) is 16.8 Å². The van der Waals surface area contributed by atoms with Crippen LogP contribution in [0.15, 0.2) is 29.1 Å². The van der Waals surface area contributed by atoms with Gasteiger partial charge in [0, 0.05) is 36.1 Å². The van der Waals surface area contributed by atoms with Crippen molar-refractivity contribution < 1.29 is 4.39 Å². The average molecular weight is 265 g/mol. The van der Waals surface area contributed by atoms with E-state index in [1.54, 1.807) is 29.0 Å². The van der Waals surface area contributed by atoms with Gasteiger partial charge in [-0.1, -0.05) is 18.2 Å². The Morgan fingerprint density at radius 3 is 2.78 bits per heavy atom. The van der Waals surface area contributed by atoms with E-state index in [2.05, 4.69) is 4.98 Å². The summed E-state index contributed by atoms with van der Waals surface area (Å²) in [5.41, 5.74) is 9.56. The Morgan fingerprint density at radius 1 is 1.33 bits per heavy atom. The quantitative estimate of drug-likeness (QED) is 0.902. The van der Waals surface area contributed by atoms with E-state index in [1.807, 2.05) is 23.4 Å². The molecule has 2 N–H and O–H groups in total. The molecule has 0 aliphatic carbocycles. The highest BCUT2D eigenvalue weighted by Crippen LogP contribution is 2.15. The number of hydrogen-bond donors (Lipinski definition) is 1. The van der Waals surface area contributed by atoms with Gasteiger partial charge in [-0.3, -0.25) is 4.90 Å². The zero-order chi connectivity index (χ0) is 13.0. The van der Waals surface area contributed by atoms with E-state index in [0.717, 1.165) is 12.2 Å². The van der Waals surface area contributed by atoms with Gasteiger partial charge in [0.05, 0.1) is 11.2 Å². The molecule has 5 heteroatoms. The van der Waals surface area contributed by atoms with E-state index in [4.69, 9.17) is 5.73 Å². The van der Waals surface area contributed by atoms with Crippen molar-refractivity contribution in [2.45, 2.75) is 19.6 Å². The minimum absolute atomic E-state index is 0.190. The van der Waals surface area contributed by atoms with Crippen molar-refractivity contribution in [1.29, 1.82) is 0 Å². The highest BCUT2D eigenvalue weighted by atomic mass is 32.1. The number of nitrogens with zero attached hydrogens (tertiary/aromatic N) is 2. The number of nitrogens with two attached hydrogens (primary N) is 1. The molecule has 0 spiro atoms. The SMILES string of the molecule is CN(Cc1cscn1)Cc1cccc(CN)c1F. The fourth-order valence-corrected chi connectivity index (χ4v) is 2.40. The highest BCUT2D eigenvalue weighted by molar-refractivity contribution is 7.07. The first kappa shape index (κ1) is 13.1. The zero-order valence-electron chi connectivity index (χ0n) is 10.3. The largest absolute Gasteiger partial charge is 0.326 e. The Morgan fingerprint density at radius 2 is 2.11 bits per heavy atom. The van der Waals surface area contributed by atoms with E-state index in [-0.39, 0.29) is 12.4 Å². The fraction of sp³-hybridized carbons (Fsp3) is 0.308. The molecule has 0 atom stereocenters. The molecule has 18 heavy (non-hydrogen) atoms. The Bertz CT molecular complexity index is 499. The van der Waals surface area contributed by atoms with Crippen molar-refractivity contribution >= 4 is 11.3 Å². The molecular formula is C13H16FN3S. The third kappa shape index (κ3) is 3.13. The summed E-state index contributed by atoms with van der Waals surface area (Å²) in [6.07, 6.45) is 0. The zero-order valence-corrected chi connectivity index (χ0v) is 11.1. The Labute approximate surface area is 110 Å². The number of thiazole rings is 1. The van der Waals surface area contributed by atoms with Crippen molar-refractivity contribution in [2.75, 3.05) is 7.05 Å². The predicted octanol–water partition coefficient (Wildman–Crippen LogP) is 2.37. The van der Waals surface area contributed by atoms with Gasteiger partial charge in [0.25, 0.3) is 0 Å². The van der Waals surface area contributed by atoms with E-state index in [9.17, 15) is 4.39 Å². The molecular weight excluding hydrogens is 249 g/mol. The van der Waals surface area contributed by atoms with Crippen molar-refractivity contribution in [3.05, 3.63) is 51.7 Å². The number of benzene rings is 1. The molecule has 0 unspecified atom stereocenters. The topological polar surface area (TPSA) is 42.2 Å². The van der Waals surface area contributed by atoms with E-state index in [0.29, 0.717) is 17.7 Å². The lowest BCUT2D eigenvalue weighted by Gasteiger charge is -2.16. The summed E-state index contributed by atoms with van der Waals surface area (Å²) in [5, 5.41) is 2.00. The summed E-state index contributed by atoms with van der Waals surface area (Å²) in [4.78, 5) is 6.25. The van der Waals surface area contributed by atoms with Crippen LogP contribution < -0.4 is 5.73 Å². The lowest BCUT2D eigenvalue weighted by atomic mass is 10.1. The minimum Gasteiger partial charge on any atom is -0.326 e. The van der Waals surface area contributed by atoms with Crippen LogP contribution in [0.2, 0.25) is 0 Å².